The van der Waals surface area contributed by atoms with Crippen molar-refractivity contribution in [2.24, 2.45) is 5.14 Å². The predicted octanol–water partition coefficient (Wildman–Crippen LogP) is 2.58. The van der Waals surface area contributed by atoms with Crippen LogP contribution in [-0.4, -0.2) is 37.0 Å². The second-order valence-corrected chi connectivity index (χ2v) is 9.80. The Labute approximate surface area is 207 Å². The SMILES string of the molecule is COc1ccc(N2C(=O)/C(=C/c3cc(C)n(-c4ccc(S(N)(=O)=O)cc4)c3C)C(=O)NC2=S)cc1. The Morgan fingerprint density at radius 3 is 2.17 bits per heavy atom. The summed E-state index contributed by atoms with van der Waals surface area (Å²) < 4.78 is 30.2. The van der Waals surface area contributed by atoms with Crippen molar-refractivity contribution in [1.82, 2.24) is 9.88 Å². The van der Waals surface area contributed by atoms with Gasteiger partial charge < -0.3 is 9.30 Å². The maximum absolute atomic E-state index is 13.3. The second kappa shape index (κ2) is 9.10. The van der Waals surface area contributed by atoms with E-state index in [0.717, 1.165) is 11.4 Å². The number of ether oxygens (including phenoxy) is 1. The number of carbonyl (C=O) groups is 2. The number of aryl methyl sites for hydroxylation is 1. The highest BCUT2D eigenvalue weighted by Gasteiger charge is 2.34. The summed E-state index contributed by atoms with van der Waals surface area (Å²) in [5, 5.41) is 7.75. The minimum Gasteiger partial charge on any atom is -0.497 e. The molecular formula is C24H22N4O5S2. The number of nitrogens with two attached hydrogens (primary N) is 1. The molecule has 0 unspecified atom stereocenters. The average molecular weight is 511 g/mol. The summed E-state index contributed by atoms with van der Waals surface area (Å²) in [6.07, 6.45) is 1.52. The van der Waals surface area contributed by atoms with Gasteiger partial charge in [-0.05, 0) is 92.3 Å². The molecular weight excluding hydrogens is 488 g/mol. The number of nitrogens with zero attached hydrogens (tertiary/aromatic N) is 2. The highest BCUT2D eigenvalue weighted by atomic mass is 32.2. The van der Waals surface area contributed by atoms with E-state index in [9.17, 15) is 18.0 Å². The van der Waals surface area contributed by atoms with Gasteiger partial charge in [-0.2, -0.15) is 0 Å². The number of sulfonamides is 1. The minimum absolute atomic E-state index is 0.00474. The van der Waals surface area contributed by atoms with Crippen LogP contribution < -0.4 is 20.1 Å². The summed E-state index contributed by atoms with van der Waals surface area (Å²) in [5.74, 6) is -0.522. The molecule has 0 spiro atoms. The smallest absolute Gasteiger partial charge is 0.270 e. The number of thiocarbonyl (C=S) groups is 1. The van der Waals surface area contributed by atoms with Gasteiger partial charge in [-0.25, -0.2) is 13.6 Å². The molecule has 0 saturated carbocycles. The zero-order chi connectivity index (χ0) is 25.5. The molecule has 1 aliphatic heterocycles. The van der Waals surface area contributed by atoms with E-state index < -0.39 is 21.8 Å². The molecule has 2 heterocycles. The molecule has 11 heteroatoms. The summed E-state index contributed by atoms with van der Waals surface area (Å²) in [6.45, 7) is 3.70. The van der Waals surface area contributed by atoms with E-state index in [0.29, 0.717) is 22.7 Å². The van der Waals surface area contributed by atoms with Crippen LogP contribution in [0.2, 0.25) is 0 Å². The van der Waals surface area contributed by atoms with Crippen LogP contribution in [0.3, 0.4) is 0 Å². The van der Waals surface area contributed by atoms with Crippen molar-refractivity contribution in [3.05, 3.63) is 77.1 Å². The fourth-order valence-corrected chi connectivity index (χ4v) is 4.69. The molecule has 9 nitrogen and oxygen atoms in total. The highest BCUT2D eigenvalue weighted by molar-refractivity contribution is 7.89. The van der Waals surface area contributed by atoms with Crippen LogP contribution in [0.4, 0.5) is 5.69 Å². The topological polar surface area (TPSA) is 124 Å². The Bertz CT molecular complexity index is 1490. The van der Waals surface area contributed by atoms with Crippen LogP contribution in [0.15, 0.2) is 65.1 Å². The molecule has 0 aliphatic carbocycles. The van der Waals surface area contributed by atoms with Crippen LogP contribution in [0.1, 0.15) is 17.0 Å². The first-order valence-corrected chi connectivity index (χ1v) is 12.3. The monoisotopic (exact) mass is 510 g/mol. The Morgan fingerprint density at radius 2 is 1.60 bits per heavy atom. The van der Waals surface area contributed by atoms with E-state index in [1.807, 2.05) is 24.5 Å². The van der Waals surface area contributed by atoms with Crippen LogP contribution in [0.25, 0.3) is 11.8 Å². The highest BCUT2D eigenvalue weighted by Crippen LogP contribution is 2.27. The predicted molar refractivity (Wildman–Crippen MR) is 136 cm³/mol. The van der Waals surface area contributed by atoms with E-state index in [1.165, 1.54) is 30.2 Å². The summed E-state index contributed by atoms with van der Waals surface area (Å²) in [4.78, 5) is 27.3. The summed E-state index contributed by atoms with van der Waals surface area (Å²) >= 11 is 5.25. The van der Waals surface area contributed by atoms with Gasteiger partial charge in [0.2, 0.25) is 10.0 Å². The third kappa shape index (κ3) is 4.61. The van der Waals surface area contributed by atoms with Crippen LogP contribution >= 0.6 is 12.2 Å². The summed E-state index contributed by atoms with van der Waals surface area (Å²) in [6, 6.07) is 14.7. The van der Waals surface area contributed by atoms with Gasteiger partial charge in [0.25, 0.3) is 11.8 Å². The number of aromatic nitrogens is 1. The third-order valence-corrected chi connectivity index (χ3v) is 6.84. The van der Waals surface area contributed by atoms with Crippen molar-refractivity contribution in [3.63, 3.8) is 0 Å². The van der Waals surface area contributed by atoms with Gasteiger partial charge in [0.05, 0.1) is 17.7 Å². The number of benzene rings is 2. The molecule has 3 N–H and O–H groups in total. The molecule has 1 saturated heterocycles. The lowest BCUT2D eigenvalue weighted by Crippen LogP contribution is -2.54. The van der Waals surface area contributed by atoms with Crippen LogP contribution in [0.5, 0.6) is 5.75 Å². The normalized spacial score (nSPS) is 15.5. The van der Waals surface area contributed by atoms with Gasteiger partial charge in [-0.1, -0.05) is 0 Å². The van der Waals surface area contributed by atoms with Crippen LogP contribution in [-0.2, 0) is 19.6 Å². The second-order valence-electron chi connectivity index (χ2n) is 7.86. The number of nitrogens with one attached hydrogen (secondary N) is 1. The Hall–Kier alpha value is -3.80. The molecule has 0 bridgehead atoms. The number of hydrogen-bond acceptors (Lipinski definition) is 6. The van der Waals surface area contributed by atoms with Gasteiger partial charge in [-0.15, -0.1) is 0 Å². The molecule has 1 fully saturated rings. The Kier molecular flexibility index (Phi) is 6.32. The molecule has 0 radical (unpaired) electrons. The molecule has 0 atom stereocenters. The molecule has 35 heavy (non-hydrogen) atoms. The quantitative estimate of drug-likeness (QED) is 0.309. The fourth-order valence-electron chi connectivity index (χ4n) is 3.89. The molecule has 3 aromatic rings. The van der Waals surface area contributed by atoms with Crippen molar-refractivity contribution in [1.29, 1.82) is 0 Å². The van der Waals surface area contributed by atoms with Gasteiger partial charge in [-0.3, -0.25) is 19.8 Å². The lowest BCUT2D eigenvalue weighted by molar-refractivity contribution is -0.122. The lowest BCUT2D eigenvalue weighted by Gasteiger charge is -2.29. The average Bonchev–Trinajstić information content (AvgIpc) is 3.09. The molecule has 2 aromatic carbocycles. The number of hydrogen-bond donors (Lipinski definition) is 2. The fraction of sp³-hybridized carbons (Fsp3) is 0.125. The first-order chi connectivity index (χ1) is 16.5. The third-order valence-electron chi connectivity index (χ3n) is 5.63. The number of methoxy groups -OCH3 is 1. The Balaban J connectivity index is 1.72. The molecule has 1 aromatic heterocycles. The molecule has 2 amide bonds. The van der Waals surface area contributed by atoms with E-state index in [4.69, 9.17) is 22.1 Å². The largest absolute Gasteiger partial charge is 0.497 e. The first-order valence-electron chi connectivity index (χ1n) is 10.4. The summed E-state index contributed by atoms with van der Waals surface area (Å²) in [7, 11) is -2.27. The van der Waals surface area contributed by atoms with Gasteiger partial charge in [0, 0.05) is 17.1 Å². The zero-order valence-corrected chi connectivity index (χ0v) is 20.7. The number of rotatable bonds is 5. The van der Waals surface area contributed by atoms with Crippen molar-refractivity contribution in [3.8, 4) is 11.4 Å². The summed E-state index contributed by atoms with van der Waals surface area (Å²) in [5.41, 5.74) is 3.36. The molecule has 4 rings (SSSR count). The van der Waals surface area contributed by atoms with E-state index in [-0.39, 0.29) is 15.6 Å². The minimum atomic E-state index is -3.81. The van der Waals surface area contributed by atoms with Gasteiger partial charge in [0.1, 0.15) is 11.3 Å². The van der Waals surface area contributed by atoms with Gasteiger partial charge in [0.15, 0.2) is 5.11 Å². The van der Waals surface area contributed by atoms with E-state index >= 15 is 0 Å². The first kappa shape index (κ1) is 24.3. The van der Waals surface area contributed by atoms with Crippen LogP contribution in [0, 0.1) is 13.8 Å². The zero-order valence-electron chi connectivity index (χ0n) is 19.1. The maximum Gasteiger partial charge on any atom is 0.270 e. The number of anilines is 1. The van der Waals surface area contributed by atoms with E-state index in [1.54, 1.807) is 36.4 Å². The standard InChI is InChI=1S/C24H22N4O5S2/c1-14-12-16(15(2)27(14)17-6-10-20(11-7-17)35(25,31)32)13-21-22(29)26-24(34)28(23(21)30)18-4-8-19(33-3)9-5-18/h4-13H,1-3H3,(H2,25,31,32)(H,26,29,34)/b21-13+. The molecule has 1 aliphatic rings. The number of amides is 2. The number of primary sulfonamides is 1. The number of carbonyl (C=O) groups excluding carboxylic acids is 2. The maximum atomic E-state index is 13.3. The van der Waals surface area contributed by atoms with Gasteiger partial charge >= 0.3 is 0 Å². The molecule has 180 valence electrons. The van der Waals surface area contributed by atoms with Crippen molar-refractivity contribution >= 4 is 50.9 Å². The van der Waals surface area contributed by atoms with E-state index in [2.05, 4.69) is 5.32 Å². The van der Waals surface area contributed by atoms with Crippen molar-refractivity contribution < 1.29 is 22.7 Å². The van der Waals surface area contributed by atoms with Crippen molar-refractivity contribution in [2.45, 2.75) is 18.7 Å². The lowest BCUT2D eigenvalue weighted by atomic mass is 10.1. The van der Waals surface area contributed by atoms with Crippen molar-refractivity contribution in [2.75, 3.05) is 12.0 Å². The Morgan fingerprint density at radius 1 is 1.00 bits per heavy atom.